The molecule has 0 heterocycles. The standard InChI is InChI=1S/C16H27N5O4S2/c1-5-17-15(19-12-16(2,3)26-4)18-9-10-20-27(24,25)14-8-6-7-13(11-14)21(22)23/h6-8,11,20H,5,9-10,12H2,1-4H3,(H2,17,18,19). The Bertz CT molecular complexity index is 766. The average Bonchev–Trinajstić information content (AvgIpc) is 2.63. The molecule has 0 saturated carbocycles. The number of nitro benzene ring substituents is 1. The van der Waals surface area contributed by atoms with Gasteiger partial charge < -0.3 is 10.6 Å². The highest BCUT2D eigenvalue weighted by Gasteiger charge is 2.17. The van der Waals surface area contributed by atoms with Crippen LogP contribution in [0, 0.1) is 10.1 Å². The van der Waals surface area contributed by atoms with Crippen molar-refractivity contribution in [3.63, 3.8) is 0 Å². The molecule has 0 aromatic heterocycles. The van der Waals surface area contributed by atoms with Gasteiger partial charge in [-0.2, -0.15) is 11.8 Å². The molecule has 11 heteroatoms. The molecule has 1 aromatic rings. The summed E-state index contributed by atoms with van der Waals surface area (Å²) in [4.78, 5) is 14.5. The van der Waals surface area contributed by atoms with E-state index in [2.05, 4.69) is 34.2 Å². The van der Waals surface area contributed by atoms with Crippen molar-refractivity contribution in [2.75, 3.05) is 32.4 Å². The minimum atomic E-state index is -3.82. The first-order valence-corrected chi connectivity index (χ1v) is 11.1. The number of thioether (sulfide) groups is 1. The Balaban J connectivity index is 2.63. The van der Waals surface area contributed by atoms with Gasteiger partial charge in [0.05, 0.1) is 16.4 Å². The van der Waals surface area contributed by atoms with Gasteiger partial charge in [0.25, 0.3) is 5.69 Å². The van der Waals surface area contributed by atoms with Crippen molar-refractivity contribution in [2.24, 2.45) is 4.99 Å². The van der Waals surface area contributed by atoms with E-state index in [-0.39, 0.29) is 21.9 Å². The number of aliphatic imine (C=N–C) groups is 1. The maximum Gasteiger partial charge on any atom is 0.270 e. The van der Waals surface area contributed by atoms with Crippen LogP contribution in [-0.4, -0.2) is 56.5 Å². The molecule has 0 unspecified atom stereocenters. The summed E-state index contributed by atoms with van der Waals surface area (Å²) in [7, 11) is -3.82. The van der Waals surface area contributed by atoms with Gasteiger partial charge >= 0.3 is 0 Å². The summed E-state index contributed by atoms with van der Waals surface area (Å²) >= 11 is 1.72. The van der Waals surface area contributed by atoms with E-state index in [4.69, 9.17) is 0 Å². The van der Waals surface area contributed by atoms with Gasteiger partial charge in [-0.15, -0.1) is 0 Å². The minimum absolute atomic E-state index is 0.00592. The molecule has 3 N–H and O–H groups in total. The van der Waals surface area contributed by atoms with E-state index in [1.807, 2.05) is 13.2 Å². The lowest BCUT2D eigenvalue weighted by Crippen LogP contribution is -2.42. The van der Waals surface area contributed by atoms with E-state index in [0.717, 1.165) is 6.07 Å². The van der Waals surface area contributed by atoms with Crippen molar-refractivity contribution in [3.05, 3.63) is 34.4 Å². The Hall–Kier alpha value is -1.85. The number of rotatable bonds is 10. The zero-order valence-corrected chi connectivity index (χ0v) is 17.6. The third-order valence-electron chi connectivity index (χ3n) is 3.56. The van der Waals surface area contributed by atoms with Crippen LogP contribution in [0.1, 0.15) is 20.8 Å². The summed E-state index contributed by atoms with van der Waals surface area (Å²) < 4.78 is 27.0. The first-order chi connectivity index (χ1) is 12.6. The molecular weight excluding hydrogens is 390 g/mol. The molecule has 9 nitrogen and oxygen atoms in total. The molecule has 0 amide bonds. The summed E-state index contributed by atoms with van der Waals surface area (Å²) in [5, 5.41) is 17.0. The number of hydrogen-bond acceptors (Lipinski definition) is 6. The third-order valence-corrected chi connectivity index (χ3v) is 6.26. The predicted octanol–water partition coefficient (Wildman–Crippen LogP) is 1.57. The van der Waals surface area contributed by atoms with Gasteiger partial charge in [-0.3, -0.25) is 15.1 Å². The van der Waals surface area contributed by atoms with Gasteiger partial charge in [-0.1, -0.05) is 6.07 Å². The molecule has 0 atom stereocenters. The number of guanidine groups is 1. The zero-order chi connectivity index (χ0) is 20.5. The lowest BCUT2D eigenvalue weighted by molar-refractivity contribution is -0.385. The third kappa shape index (κ3) is 8.14. The Morgan fingerprint density at radius 3 is 2.59 bits per heavy atom. The van der Waals surface area contributed by atoms with Crippen LogP contribution in [0.15, 0.2) is 34.2 Å². The van der Waals surface area contributed by atoms with Crippen molar-refractivity contribution in [1.29, 1.82) is 0 Å². The predicted molar refractivity (Wildman–Crippen MR) is 110 cm³/mol. The van der Waals surface area contributed by atoms with Crippen LogP contribution in [0.4, 0.5) is 5.69 Å². The highest BCUT2D eigenvalue weighted by molar-refractivity contribution is 7.99. The van der Waals surface area contributed by atoms with Crippen molar-refractivity contribution < 1.29 is 13.3 Å². The van der Waals surface area contributed by atoms with E-state index in [9.17, 15) is 18.5 Å². The van der Waals surface area contributed by atoms with Gasteiger partial charge in [-0.05, 0) is 33.1 Å². The average molecular weight is 418 g/mol. The second-order valence-corrected chi connectivity index (χ2v) is 9.52. The van der Waals surface area contributed by atoms with E-state index in [1.165, 1.54) is 18.2 Å². The SMILES string of the molecule is CCNC(=NCC(C)(C)SC)NCCNS(=O)(=O)c1cccc([N+](=O)[O-])c1. The van der Waals surface area contributed by atoms with Crippen LogP contribution >= 0.6 is 11.8 Å². The Kier molecular flexibility index (Phi) is 9.00. The van der Waals surface area contributed by atoms with Crippen molar-refractivity contribution >= 4 is 33.4 Å². The van der Waals surface area contributed by atoms with Gasteiger partial charge in [0.1, 0.15) is 0 Å². The van der Waals surface area contributed by atoms with E-state index < -0.39 is 14.9 Å². The number of nitro groups is 1. The fourth-order valence-corrected chi connectivity index (χ4v) is 3.15. The van der Waals surface area contributed by atoms with E-state index in [1.54, 1.807) is 11.8 Å². The lowest BCUT2D eigenvalue weighted by Gasteiger charge is -2.20. The molecule has 0 aliphatic carbocycles. The highest BCUT2D eigenvalue weighted by atomic mass is 32.2. The quantitative estimate of drug-likeness (QED) is 0.173. The second kappa shape index (κ2) is 10.5. The summed E-state index contributed by atoms with van der Waals surface area (Å²) in [6, 6.07) is 4.94. The Labute approximate surface area is 164 Å². The number of sulfonamides is 1. The molecule has 0 aliphatic rings. The maximum absolute atomic E-state index is 12.3. The molecular formula is C16H27N5O4S2. The number of hydrogen-bond donors (Lipinski definition) is 3. The van der Waals surface area contributed by atoms with Crippen LogP contribution in [-0.2, 0) is 10.0 Å². The van der Waals surface area contributed by atoms with E-state index in [0.29, 0.717) is 25.6 Å². The molecule has 0 bridgehead atoms. The number of non-ortho nitro benzene ring substituents is 1. The maximum atomic E-state index is 12.3. The number of benzene rings is 1. The molecule has 152 valence electrons. The van der Waals surface area contributed by atoms with Gasteiger partial charge in [0.15, 0.2) is 5.96 Å². The van der Waals surface area contributed by atoms with Crippen molar-refractivity contribution in [1.82, 2.24) is 15.4 Å². The van der Waals surface area contributed by atoms with Crippen LogP contribution in [0.5, 0.6) is 0 Å². The van der Waals surface area contributed by atoms with Crippen molar-refractivity contribution in [3.8, 4) is 0 Å². The smallest absolute Gasteiger partial charge is 0.270 e. The molecule has 0 radical (unpaired) electrons. The van der Waals surface area contributed by atoms with E-state index >= 15 is 0 Å². The lowest BCUT2D eigenvalue weighted by atomic mass is 10.2. The first-order valence-electron chi connectivity index (χ1n) is 8.43. The van der Waals surface area contributed by atoms with Crippen LogP contribution in [0.25, 0.3) is 0 Å². The fourth-order valence-electron chi connectivity index (χ4n) is 1.89. The summed E-state index contributed by atoms with van der Waals surface area (Å²) in [5.41, 5.74) is -0.269. The summed E-state index contributed by atoms with van der Waals surface area (Å²) in [6.07, 6.45) is 2.03. The first kappa shape index (κ1) is 23.2. The highest BCUT2D eigenvalue weighted by Crippen LogP contribution is 2.21. The molecule has 27 heavy (non-hydrogen) atoms. The normalized spacial score (nSPS) is 12.7. The largest absolute Gasteiger partial charge is 0.357 e. The number of nitrogens with one attached hydrogen (secondary N) is 3. The van der Waals surface area contributed by atoms with Crippen molar-refractivity contribution in [2.45, 2.75) is 30.4 Å². The number of nitrogens with zero attached hydrogens (tertiary/aromatic N) is 2. The van der Waals surface area contributed by atoms with Gasteiger partial charge in [-0.25, -0.2) is 13.1 Å². The van der Waals surface area contributed by atoms with Gasteiger partial charge in [0.2, 0.25) is 10.0 Å². The molecule has 0 aliphatic heterocycles. The Morgan fingerprint density at radius 2 is 2.00 bits per heavy atom. The second-order valence-electron chi connectivity index (χ2n) is 6.24. The monoisotopic (exact) mass is 417 g/mol. The van der Waals surface area contributed by atoms with Crippen LogP contribution in [0.3, 0.4) is 0 Å². The molecule has 0 fully saturated rings. The minimum Gasteiger partial charge on any atom is -0.357 e. The zero-order valence-electron chi connectivity index (χ0n) is 16.0. The molecule has 1 rings (SSSR count). The fraction of sp³-hybridized carbons (Fsp3) is 0.562. The van der Waals surface area contributed by atoms with Crippen LogP contribution < -0.4 is 15.4 Å². The molecule has 1 aromatic carbocycles. The van der Waals surface area contributed by atoms with Crippen LogP contribution in [0.2, 0.25) is 0 Å². The summed E-state index contributed by atoms with van der Waals surface area (Å²) in [5.74, 6) is 0.606. The molecule has 0 saturated heterocycles. The van der Waals surface area contributed by atoms with Gasteiger partial charge in [0, 0.05) is 36.5 Å². The summed E-state index contributed by atoms with van der Waals surface area (Å²) in [6.45, 7) is 7.87. The molecule has 0 spiro atoms. The Morgan fingerprint density at radius 1 is 1.30 bits per heavy atom. The topological polar surface area (TPSA) is 126 Å².